The van der Waals surface area contributed by atoms with Crippen molar-refractivity contribution in [1.29, 1.82) is 0 Å². The molecule has 1 aliphatic rings. The van der Waals surface area contributed by atoms with Crippen LogP contribution in [0.5, 0.6) is 0 Å². The molecule has 22 heavy (non-hydrogen) atoms. The Morgan fingerprint density at radius 3 is 2.77 bits per heavy atom. The Morgan fingerprint density at radius 2 is 2.05 bits per heavy atom. The van der Waals surface area contributed by atoms with Gasteiger partial charge in [-0.2, -0.15) is 0 Å². The van der Waals surface area contributed by atoms with Crippen LogP contribution in [-0.2, 0) is 0 Å². The first kappa shape index (κ1) is 14.8. The molecule has 1 aliphatic heterocycles. The highest BCUT2D eigenvalue weighted by Gasteiger charge is 2.31. The molecule has 1 amide bonds. The molecular weight excluding hydrogens is 307 g/mol. The minimum atomic E-state index is -0.459. The number of nitrogens with zero attached hydrogens (tertiary/aromatic N) is 1. The van der Waals surface area contributed by atoms with Crippen LogP contribution in [0.4, 0.5) is 4.39 Å². The summed E-state index contributed by atoms with van der Waals surface area (Å²) in [7, 11) is 0. The maximum absolute atomic E-state index is 13.1. The number of likely N-dealkylation sites (tertiary alicyclic amines) is 1. The Balaban J connectivity index is 1.92. The van der Waals surface area contributed by atoms with E-state index in [0.717, 1.165) is 18.4 Å². The number of pyridine rings is 1. The lowest BCUT2D eigenvalue weighted by Crippen LogP contribution is -2.34. The van der Waals surface area contributed by atoms with Crippen LogP contribution in [0.25, 0.3) is 0 Å². The van der Waals surface area contributed by atoms with Crippen LogP contribution in [0.2, 0.25) is 5.02 Å². The highest BCUT2D eigenvalue weighted by atomic mass is 35.5. The molecule has 6 heteroatoms. The minimum Gasteiger partial charge on any atom is -0.331 e. The van der Waals surface area contributed by atoms with Gasteiger partial charge >= 0.3 is 0 Å². The average molecular weight is 321 g/mol. The molecule has 2 heterocycles. The first-order valence-corrected chi connectivity index (χ1v) is 7.39. The van der Waals surface area contributed by atoms with E-state index >= 15 is 0 Å². The number of H-pyrrole nitrogens is 1. The predicted octanol–water partition coefficient (Wildman–Crippen LogP) is 3.14. The number of halogens is 2. The highest BCUT2D eigenvalue weighted by Crippen LogP contribution is 2.32. The fraction of sp³-hybridized carbons (Fsp3) is 0.250. The molecule has 114 valence electrons. The van der Waals surface area contributed by atoms with Crippen LogP contribution in [0.1, 0.15) is 34.8 Å². The van der Waals surface area contributed by atoms with Gasteiger partial charge in [0.05, 0.1) is 11.1 Å². The van der Waals surface area contributed by atoms with Crippen LogP contribution < -0.4 is 5.56 Å². The molecule has 0 bridgehead atoms. The van der Waals surface area contributed by atoms with E-state index in [1.807, 2.05) is 0 Å². The third kappa shape index (κ3) is 2.76. The van der Waals surface area contributed by atoms with Gasteiger partial charge in [-0.25, -0.2) is 4.39 Å². The quantitative estimate of drug-likeness (QED) is 0.924. The van der Waals surface area contributed by atoms with Crippen LogP contribution in [0.3, 0.4) is 0 Å². The van der Waals surface area contributed by atoms with Gasteiger partial charge in [0.2, 0.25) is 0 Å². The summed E-state index contributed by atoms with van der Waals surface area (Å²) in [5.41, 5.74) is 0.436. The number of carbonyl (C=O) groups is 1. The Hall–Kier alpha value is -2.14. The van der Waals surface area contributed by atoms with Crippen LogP contribution >= 0.6 is 11.6 Å². The summed E-state index contributed by atoms with van der Waals surface area (Å²) in [6.07, 6.45) is 2.98. The number of amides is 1. The molecule has 1 aromatic carbocycles. The molecule has 0 spiro atoms. The summed E-state index contributed by atoms with van der Waals surface area (Å²) < 4.78 is 13.1. The number of aromatic nitrogens is 1. The lowest BCUT2D eigenvalue weighted by Gasteiger charge is -2.25. The molecule has 0 aliphatic carbocycles. The van der Waals surface area contributed by atoms with Crippen molar-refractivity contribution in [3.63, 3.8) is 0 Å². The molecule has 0 saturated carbocycles. The van der Waals surface area contributed by atoms with Crippen molar-refractivity contribution in [2.45, 2.75) is 18.9 Å². The van der Waals surface area contributed by atoms with Crippen molar-refractivity contribution < 1.29 is 9.18 Å². The van der Waals surface area contributed by atoms with Gasteiger partial charge in [0.1, 0.15) is 11.4 Å². The molecule has 1 N–H and O–H groups in total. The van der Waals surface area contributed by atoms with Gasteiger partial charge in [0.15, 0.2) is 0 Å². The standard InChI is InChI=1S/C16H14ClFN2O2/c17-11-8-13(15(21)19-9-11)16(22)20-7-1-2-14(20)10-3-5-12(18)6-4-10/h3-6,8-9,14H,1-2,7H2,(H,19,21)/t14-/m1/s1. The Morgan fingerprint density at radius 1 is 1.32 bits per heavy atom. The minimum absolute atomic E-state index is 0.0292. The second-order valence-electron chi connectivity index (χ2n) is 5.27. The van der Waals surface area contributed by atoms with E-state index in [9.17, 15) is 14.0 Å². The zero-order valence-corrected chi connectivity index (χ0v) is 12.4. The van der Waals surface area contributed by atoms with Gasteiger partial charge in [0.25, 0.3) is 11.5 Å². The molecule has 1 fully saturated rings. The van der Waals surface area contributed by atoms with E-state index in [0.29, 0.717) is 11.6 Å². The molecule has 2 aromatic rings. The molecule has 1 aromatic heterocycles. The Bertz CT molecular complexity index is 757. The Labute approximate surface area is 131 Å². The number of aromatic amines is 1. The number of rotatable bonds is 2. The van der Waals surface area contributed by atoms with Crippen molar-refractivity contribution in [3.05, 3.63) is 68.8 Å². The SMILES string of the molecule is O=C(c1cc(Cl)c[nH]c1=O)N1CCC[C@@H]1c1ccc(F)cc1. The summed E-state index contributed by atoms with van der Waals surface area (Å²) in [5, 5.41) is 0.306. The van der Waals surface area contributed by atoms with E-state index < -0.39 is 5.56 Å². The fourth-order valence-corrected chi connectivity index (χ4v) is 2.98. The van der Waals surface area contributed by atoms with Gasteiger partial charge in [-0.3, -0.25) is 9.59 Å². The lowest BCUT2D eigenvalue weighted by molar-refractivity contribution is 0.0734. The first-order chi connectivity index (χ1) is 10.6. The summed E-state index contributed by atoms with van der Waals surface area (Å²) in [6.45, 7) is 0.562. The zero-order chi connectivity index (χ0) is 15.7. The van der Waals surface area contributed by atoms with Crippen LogP contribution in [0, 0.1) is 5.82 Å². The number of benzene rings is 1. The van der Waals surface area contributed by atoms with Gasteiger partial charge in [-0.15, -0.1) is 0 Å². The molecular formula is C16H14ClFN2O2. The average Bonchev–Trinajstić information content (AvgIpc) is 2.99. The Kier molecular flexibility index (Phi) is 3.98. The lowest BCUT2D eigenvalue weighted by atomic mass is 10.0. The van der Waals surface area contributed by atoms with Crippen molar-refractivity contribution in [1.82, 2.24) is 9.88 Å². The van der Waals surface area contributed by atoms with E-state index in [1.54, 1.807) is 17.0 Å². The molecule has 0 unspecified atom stereocenters. The number of carbonyl (C=O) groups excluding carboxylic acids is 1. The third-order valence-electron chi connectivity index (χ3n) is 3.87. The van der Waals surface area contributed by atoms with Crippen LogP contribution in [-0.4, -0.2) is 22.3 Å². The first-order valence-electron chi connectivity index (χ1n) is 7.01. The highest BCUT2D eigenvalue weighted by molar-refractivity contribution is 6.30. The van der Waals surface area contributed by atoms with E-state index in [1.165, 1.54) is 24.4 Å². The molecule has 4 nitrogen and oxygen atoms in total. The van der Waals surface area contributed by atoms with Gasteiger partial charge in [-0.05, 0) is 36.6 Å². The second-order valence-corrected chi connectivity index (χ2v) is 5.71. The predicted molar refractivity (Wildman–Crippen MR) is 81.5 cm³/mol. The molecule has 0 radical (unpaired) electrons. The van der Waals surface area contributed by atoms with Crippen molar-refractivity contribution in [2.24, 2.45) is 0 Å². The maximum atomic E-state index is 13.1. The third-order valence-corrected chi connectivity index (χ3v) is 4.09. The number of nitrogens with one attached hydrogen (secondary N) is 1. The number of hydrogen-bond donors (Lipinski definition) is 1. The monoisotopic (exact) mass is 320 g/mol. The van der Waals surface area contributed by atoms with Gasteiger partial charge in [0, 0.05) is 12.7 Å². The van der Waals surface area contributed by atoms with Gasteiger partial charge in [-0.1, -0.05) is 23.7 Å². The zero-order valence-electron chi connectivity index (χ0n) is 11.7. The molecule has 1 atom stereocenters. The fourth-order valence-electron chi connectivity index (χ4n) is 2.81. The molecule has 3 rings (SSSR count). The van der Waals surface area contributed by atoms with Crippen molar-refractivity contribution in [3.8, 4) is 0 Å². The number of hydrogen-bond acceptors (Lipinski definition) is 2. The van der Waals surface area contributed by atoms with Crippen molar-refractivity contribution in [2.75, 3.05) is 6.54 Å². The summed E-state index contributed by atoms with van der Waals surface area (Å²) >= 11 is 5.86. The van der Waals surface area contributed by atoms with E-state index in [4.69, 9.17) is 11.6 Å². The molecule has 1 saturated heterocycles. The largest absolute Gasteiger partial charge is 0.331 e. The maximum Gasteiger partial charge on any atom is 0.260 e. The summed E-state index contributed by atoms with van der Waals surface area (Å²) in [6, 6.07) is 7.33. The second kappa shape index (κ2) is 5.93. The summed E-state index contributed by atoms with van der Waals surface area (Å²) in [4.78, 5) is 28.6. The normalized spacial score (nSPS) is 17.7. The van der Waals surface area contributed by atoms with Gasteiger partial charge < -0.3 is 9.88 Å². The van der Waals surface area contributed by atoms with E-state index in [-0.39, 0.29) is 23.3 Å². The van der Waals surface area contributed by atoms with E-state index in [2.05, 4.69) is 4.98 Å². The summed E-state index contributed by atoms with van der Waals surface area (Å²) in [5.74, 6) is -0.665. The smallest absolute Gasteiger partial charge is 0.260 e. The van der Waals surface area contributed by atoms with Crippen molar-refractivity contribution >= 4 is 17.5 Å². The topological polar surface area (TPSA) is 53.2 Å². The van der Waals surface area contributed by atoms with Crippen LogP contribution in [0.15, 0.2) is 41.3 Å².